The zero-order valence-electron chi connectivity index (χ0n) is 6.83. The number of piperidine rings is 1. The fraction of sp³-hybridized carbons (Fsp3) is 0.625. The fourth-order valence-electron chi connectivity index (χ4n) is 1.55. The van der Waals surface area contributed by atoms with Gasteiger partial charge in [0.2, 0.25) is 5.95 Å². The van der Waals surface area contributed by atoms with Crippen molar-refractivity contribution < 1.29 is 0 Å². The Morgan fingerprint density at radius 3 is 3.25 bits per heavy atom. The standard InChI is InChI=1S/C8H12ClN3/c9-7-2-1-5-12(6-7)8-10-3-4-11-8/h3-4,7H,1-2,5-6H2,(H,10,11). The Morgan fingerprint density at radius 2 is 2.58 bits per heavy atom. The lowest BCUT2D eigenvalue weighted by Gasteiger charge is -2.29. The summed E-state index contributed by atoms with van der Waals surface area (Å²) in [7, 11) is 0. The monoisotopic (exact) mass is 185 g/mol. The number of anilines is 1. The smallest absolute Gasteiger partial charge is 0.202 e. The average molecular weight is 186 g/mol. The summed E-state index contributed by atoms with van der Waals surface area (Å²) >= 11 is 6.04. The molecule has 0 saturated carbocycles. The number of aromatic nitrogens is 2. The summed E-state index contributed by atoms with van der Waals surface area (Å²) in [4.78, 5) is 9.47. The van der Waals surface area contributed by atoms with E-state index in [2.05, 4.69) is 14.9 Å². The molecule has 1 aromatic rings. The Morgan fingerprint density at radius 1 is 1.67 bits per heavy atom. The van der Waals surface area contributed by atoms with Gasteiger partial charge in [-0.05, 0) is 12.8 Å². The highest BCUT2D eigenvalue weighted by Gasteiger charge is 2.18. The van der Waals surface area contributed by atoms with Gasteiger partial charge in [-0.3, -0.25) is 0 Å². The van der Waals surface area contributed by atoms with Crippen LogP contribution in [-0.4, -0.2) is 28.4 Å². The summed E-state index contributed by atoms with van der Waals surface area (Å²) in [6.07, 6.45) is 5.90. The van der Waals surface area contributed by atoms with E-state index < -0.39 is 0 Å². The van der Waals surface area contributed by atoms with Gasteiger partial charge < -0.3 is 9.88 Å². The largest absolute Gasteiger partial charge is 0.341 e. The molecular weight excluding hydrogens is 174 g/mol. The molecule has 1 saturated heterocycles. The number of nitrogens with zero attached hydrogens (tertiary/aromatic N) is 2. The van der Waals surface area contributed by atoms with E-state index in [0.717, 1.165) is 31.9 Å². The van der Waals surface area contributed by atoms with E-state index in [1.54, 1.807) is 6.20 Å². The zero-order chi connectivity index (χ0) is 8.39. The highest BCUT2D eigenvalue weighted by molar-refractivity contribution is 6.21. The second kappa shape index (κ2) is 3.35. The topological polar surface area (TPSA) is 31.9 Å². The van der Waals surface area contributed by atoms with Gasteiger partial charge >= 0.3 is 0 Å². The number of hydrogen-bond acceptors (Lipinski definition) is 2. The van der Waals surface area contributed by atoms with Crippen LogP contribution in [0.5, 0.6) is 0 Å². The van der Waals surface area contributed by atoms with Crippen LogP contribution in [0.15, 0.2) is 12.4 Å². The summed E-state index contributed by atoms with van der Waals surface area (Å²) < 4.78 is 0. The van der Waals surface area contributed by atoms with Gasteiger partial charge in [0.1, 0.15) is 0 Å². The molecule has 1 atom stereocenters. The van der Waals surface area contributed by atoms with Gasteiger partial charge in [-0.1, -0.05) is 0 Å². The number of halogens is 1. The fourth-order valence-corrected chi connectivity index (χ4v) is 1.87. The quantitative estimate of drug-likeness (QED) is 0.675. The molecule has 4 heteroatoms. The number of H-pyrrole nitrogens is 1. The van der Waals surface area contributed by atoms with Crippen LogP contribution >= 0.6 is 11.6 Å². The minimum Gasteiger partial charge on any atom is -0.341 e. The molecule has 1 fully saturated rings. The maximum Gasteiger partial charge on any atom is 0.202 e. The molecule has 1 aromatic heterocycles. The molecule has 1 unspecified atom stereocenters. The van der Waals surface area contributed by atoms with Gasteiger partial charge in [-0.2, -0.15) is 0 Å². The zero-order valence-corrected chi connectivity index (χ0v) is 7.59. The number of imidazole rings is 1. The maximum absolute atomic E-state index is 6.04. The van der Waals surface area contributed by atoms with Gasteiger partial charge in [0.15, 0.2) is 0 Å². The maximum atomic E-state index is 6.04. The van der Waals surface area contributed by atoms with Crippen LogP contribution in [0.25, 0.3) is 0 Å². The highest BCUT2D eigenvalue weighted by Crippen LogP contribution is 2.18. The van der Waals surface area contributed by atoms with Gasteiger partial charge in [0.25, 0.3) is 0 Å². The first kappa shape index (κ1) is 7.92. The lowest BCUT2D eigenvalue weighted by molar-refractivity contribution is 0.576. The van der Waals surface area contributed by atoms with Gasteiger partial charge in [0.05, 0.1) is 5.38 Å². The predicted molar refractivity (Wildman–Crippen MR) is 49.7 cm³/mol. The molecule has 0 bridgehead atoms. The van der Waals surface area contributed by atoms with Crippen molar-refractivity contribution in [2.75, 3.05) is 18.0 Å². The Bertz CT molecular complexity index is 234. The number of rotatable bonds is 1. The molecule has 66 valence electrons. The molecule has 3 nitrogen and oxygen atoms in total. The van der Waals surface area contributed by atoms with E-state index in [0.29, 0.717) is 0 Å². The van der Waals surface area contributed by atoms with Crippen LogP contribution in [-0.2, 0) is 0 Å². The van der Waals surface area contributed by atoms with Gasteiger partial charge in [0, 0.05) is 25.5 Å². The lowest BCUT2D eigenvalue weighted by Crippen LogP contribution is -2.36. The molecular formula is C8H12ClN3. The molecule has 0 radical (unpaired) electrons. The van der Waals surface area contributed by atoms with Crippen LogP contribution in [0, 0.1) is 0 Å². The van der Waals surface area contributed by atoms with Crippen molar-refractivity contribution in [2.24, 2.45) is 0 Å². The Labute approximate surface area is 76.7 Å². The van der Waals surface area contributed by atoms with Crippen molar-refractivity contribution in [2.45, 2.75) is 18.2 Å². The minimum absolute atomic E-state index is 0.281. The molecule has 0 aromatic carbocycles. The average Bonchev–Trinajstić information content (AvgIpc) is 2.56. The Kier molecular flexibility index (Phi) is 2.21. The molecule has 2 rings (SSSR count). The van der Waals surface area contributed by atoms with E-state index in [1.165, 1.54) is 0 Å². The van der Waals surface area contributed by atoms with E-state index in [-0.39, 0.29) is 5.38 Å². The second-order valence-electron chi connectivity index (χ2n) is 3.10. The predicted octanol–water partition coefficient (Wildman–Crippen LogP) is 1.62. The molecule has 0 spiro atoms. The Hall–Kier alpha value is -0.700. The Balaban J connectivity index is 2.04. The third-order valence-electron chi connectivity index (χ3n) is 2.15. The van der Waals surface area contributed by atoms with Crippen LogP contribution in [0.4, 0.5) is 5.95 Å². The highest BCUT2D eigenvalue weighted by atomic mass is 35.5. The lowest BCUT2D eigenvalue weighted by atomic mass is 10.1. The van der Waals surface area contributed by atoms with Gasteiger partial charge in [-0.15, -0.1) is 11.6 Å². The molecule has 0 amide bonds. The molecule has 1 aliphatic heterocycles. The number of nitrogens with one attached hydrogen (secondary N) is 1. The SMILES string of the molecule is ClC1CCCN(c2ncc[nH]2)C1. The summed E-state index contributed by atoms with van der Waals surface area (Å²) in [5.41, 5.74) is 0. The van der Waals surface area contributed by atoms with Crippen molar-refractivity contribution in [3.8, 4) is 0 Å². The number of hydrogen-bond donors (Lipinski definition) is 1. The van der Waals surface area contributed by atoms with Crippen molar-refractivity contribution >= 4 is 17.5 Å². The van der Waals surface area contributed by atoms with E-state index in [4.69, 9.17) is 11.6 Å². The normalized spacial score (nSPS) is 24.4. The summed E-state index contributed by atoms with van der Waals surface area (Å²) in [6, 6.07) is 0. The number of alkyl halides is 1. The van der Waals surface area contributed by atoms with Crippen molar-refractivity contribution in [3.05, 3.63) is 12.4 Å². The van der Waals surface area contributed by atoms with E-state index >= 15 is 0 Å². The summed E-state index contributed by atoms with van der Waals surface area (Å²) in [5.74, 6) is 0.945. The van der Waals surface area contributed by atoms with Gasteiger partial charge in [-0.25, -0.2) is 4.98 Å². The molecule has 12 heavy (non-hydrogen) atoms. The summed E-state index contributed by atoms with van der Waals surface area (Å²) in [6.45, 7) is 1.98. The third-order valence-corrected chi connectivity index (χ3v) is 2.50. The first-order valence-corrected chi connectivity index (χ1v) is 4.68. The van der Waals surface area contributed by atoms with Crippen molar-refractivity contribution in [1.82, 2.24) is 9.97 Å². The second-order valence-corrected chi connectivity index (χ2v) is 3.72. The molecule has 2 heterocycles. The van der Waals surface area contributed by atoms with Crippen LogP contribution in [0.1, 0.15) is 12.8 Å². The first-order chi connectivity index (χ1) is 5.86. The number of aromatic amines is 1. The van der Waals surface area contributed by atoms with Crippen molar-refractivity contribution in [1.29, 1.82) is 0 Å². The van der Waals surface area contributed by atoms with Crippen LogP contribution < -0.4 is 4.90 Å². The minimum atomic E-state index is 0.281. The van der Waals surface area contributed by atoms with Crippen molar-refractivity contribution in [3.63, 3.8) is 0 Å². The summed E-state index contributed by atoms with van der Waals surface area (Å²) in [5, 5.41) is 0.281. The van der Waals surface area contributed by atoms with E-state index in [1.807, 2.05) is 6.20 Å². The van der Waals surface area contributed by atoms with Crippen LogP contribution in [0.3, 0.4) is 0 Å². The third kappa shape index (κ3) is 1.55. The molecule has 1 aliphatic rings. The van der Waals surface area contributed by atoms with Crippen LogP contribution in [0.2, 0.25) is 0 Å². The van der Waals surface area contributed by atoms with E-state index in [9.17, 15) is 0 Å². The molecule has 0 aliphatic carbocycles. The molecule has 1 N–H and O–H groups in total. The first-order valence-electron chi connectivity index (χ1n) is 4.24.